The van der Waals surface area contributed by atoms with Crippen LogP contribution in [0.15, 0.2) is 48.5 Å². The van der Waals surface area contributed by atoms with E-state index in [1.54, 1.807) is 25.6 Å². The van der Waals surface area contributed by atoms with Gasteiger partial charge in [0.25, 0.3) is 0 Å². The molecule has 0 spiro atoms. The molecular formula is C24H25N3O2S. The molecule has 1 atom stereocenters. The molecule has 0 saturated heterocycles. The molecule has 0 amide bonds. The molecule has 2 heterocycles. The first-order valence-corrected chi connectivity index (χ1v) is 10.6. The normalized spacial score (nSPS) is 12.0. The number of ether oxygens (including phenoxy) is 2. The summed E-state index contributed by atoms with van der Waals surface area (Å²) in [6, 6.07) is 16.5. The Kier molecular flexibility index (Phi) is 5.59. The molecule has 0 bridgehead atoms. The molecule has 1 N–H and O–H groups in total. The van der Waals surface area contributed by atoms with Crippen LogP contribution in [0.2, 0.25) is 0 Å². The maximum atomic E-state index is 5.56. The van der Waals surface area contributed by atoms with E-state index >= 15 is 0 Å². The summed E-state index contributed by atoms with van der Waals surface area (Å²) in [6.45, 7) is 6.17. The minimum atomic E-state index is 0.0877. The number of aryl methyl sites for hydroxylation is 2. The zero-order chi connectivity index (χ0) is 21.3. The quantitative estimate of drug-likeness (QED) is 0.405. The molecule has 4 rings (SSSR count). The van der Waals surface area contributed by atoms with E-state index in [4.69, 9.17) is 9.47 Å². The van der Waals surface area contributed by atoms with Crippen molar-refractivity contribution in [2.45, 2.75) is 26.8 Å². The summed E-state index contributed by atoms with van der Waals surface area (Å²) in [5.41, 5.74) is 3.30. The molecule has 5 nitrogen and oxygen atoms in total. The lowest BCUT2D eigenvalue weighted by Gasteiger charge is -2.16. The van der Waals surface area contributed by atoms with Gasteiger partial charge in [0.05, 0.1) is 31.2 Å². The SMILES string of the molecule is COc1ccc(-c2ccc(C(C)Nc3nc(C)nc4cccc(OC)c34)s2)c(C)c1. The van der Waals surface area contributed by atoms with Gasteiger partial charge in [-0.3, -0.25) is 0 Å². The van der Waals surface area contributed by atoms with Gasteiger partial charge in [0.1, 0.15) is 23.1 Å². The topological polar surface area (TPSA) is 56.3 Å². The van der Waals surface area contributed by atoms with Crippen molar-refractivity contribution in [1.82, 2.24) is 9.97 Å². The maximum Gasteiger partial charge on any atom is 0.141 e. The lowest BCUT2D eigenvalue weighted by Crippen LogP contribution is -2.08. The summed E-state index contributed by atoms with van der Waals surface area (Å²) in [5, 5.41) is 4.48. The van der Waals surface area contributed by atoms with Crippen LogP contribution < -0.4 is 14.8 Å². The predicted octanol–water partition coefficient (Wildman–Crippen LogP) is 6.17. The zero-order valence-electron chi connectivity index (χ0n) is 17.8. The summed E-state index contributed by atoms with van der Waals surface area (Å²) in [6.07, 6.45) is 0. The second kappa shape index (κ2) is 8.32. The summed E-state index contributed by atoms with van der Waals surface area (Å²) >= 11 is 1.78. The predicted molar refractivity (Wildman–Crippen MR) is 124 cm³/mol. The Bertz CT molecular complexity index is 1200. The Morgan fingerprint density at radius 3 is 2.53 bits per heavy atom. The lowest BCUT2D eigenvalue weighted by atomic mass is 10.1. The minimum absolute atomic E-state index is 0.0877. The van der Waals surface area contributed by atoms with Gasteiger partial charge in [0, 0.05) is 9.75 Å². The van der Waals surface area contributed by atoms with Gasteiger partial charge in [0.2, 0.25) is 0 Å². The third kappa shape index (κ3) is 3.83. The van der Waals surface area contributed by atoms with E-state index < -0.39 is 0 Å². The number of rotatable bonds is 6. The summed E-state index contributed by atoms with van der Waals surface area (Å²) < 4.78 is 10.9. The smallest absolute Gasteiger partial charge is 0.141 e. The Morgan fingerprint density at radius 1 is 0.967 bits per heavy atom. The van der Waals surface area contributed by atoms with E-state index in [1.165, 1.54) is 20.9 Å². The highest BCUT2D eigenvalue weighted by molar-refractivity contribution is 7.15. The number of benzene rings is 2. The van der Waals surface area contributed by atoms with Gasteiger partial charge in [0.15, 0.2) is 0 Å². The Labute approximate surface area is 180 Å². The van der Waals surface area contributed by atoms with Crippen LogP contribution in [0.25, 0.3) is 21.3 Å². The van der Waals surface area contributed by atoms with Crippen LogP contribution in [0.1, 0.15) is 29.2 Å². The molecule has 2 aromatic heterocycles. The maximum absolute atomic E-state index is 5.56. The molecule has 6 heteroatoms. The van der Waals surface area contributed by atoms with Gasteiger partial charge in [-0.15, -0.1) is 11.3 Å². The molecule has 1 unspecified atom stereocenters. The monoisotopic (exact) mass is 419 g/mol. The Balaban J connectivity index is 1.65. The fraction of sp³-hybridized carbons (Fsp3) is 0.250. The highest BCUT2D eigenvalue weighted by Gasteiger charge is 2.16. The fourth-order valence-corrected chi connectivity index (χ4v) is 4.69. The van der Waals surface area contributed by atoms with Gasteiger partial charge in [-0.2, -0.15) is 0 Å². The number of methoxy groups -OCH3 is 2. The number of aromatic nitrogens is 2. The van der Waals surface area contributed by atoms with E-state index in [9.17, 15) is 0 Å². The lowest BCUT2D eigenvalue weighted by molar-refractivity contribution is 0.414. The van der Waals surface area contributed by atoms with E-state index in [1.807, 2.05) is 31.2 Å². The summed E-state index contributed by atoms with van der Waals surface area (Å²) in [7, 11) is 3.36. The first-order chi connectivity index (χ1) is 14.5. The van der Waals surface area contributed by atoms with Crippen LogP contribution in [0.5, 0.6) is 11.5 Å². The number of nitrogens with one attached hydrogen (secondary N) is 1. The fourth-order valence-electron chi connectivity index (χ4n) is 3.59. The molecule has 0 aliphatic carbocycles. The standard InChI is InChI=1S/C24H25N3O2S/c1-14-13-17(28-4)9-10-18(14)22-12-11-21(30-22)15(2)25-24-23-19(26-16(3)27-24)7-6-8-20(23)29-5/h6-13,15H,1-5H3,(H,25,26,27). The molecule has 0 fully saturated rings. The molecule has 4 aromatic rings. The van der Waals surface area contributed by atoms with Gasteiger partial charge < -0.3 is 14.8 Å². The first kappa shape index (κ1) is 20.2. The van der Waals surface area contributed by atoms with Gasteiger partial charge >= 0.3 is 0 Å². The second-order valence-corrected chi connectivity index (χ2v) is 8.34. The zero-order valence-corrected chi connectivity index (χ0v) is 18.6. The Hall–Kier alpha value is -3.12. The third-order valence-electron chi connectivity index (χ3n) is 5.12. The summed E-state index contributed by atoms with van der Waals surface area (Å²) in [4.78, 5) is 11.7. The molecular weight excluding hydrogens is 394 g/mol. The van der Waals surface area contributed by atoms with E-state index in [-0.39, 0.29) is 6.04 Å². The van der Waals surface area contributed by atoms with Crippen molar-refractivity contribution in [2.24, 2.45) is 0 Å². The highest BCUT2D eigenvalue weighted by Crippen LogP contribution is 2.37. The number of fused-ring (bicyclic) bond motifs is 1. The molecule has 0 aliphatic rings. The van der Waals surface area contributed by atoms with Crippen LogP contribution in [-0.4, -0.2) is 24.2 Å². The number of hydrogen-bond donors (Lipinski definition) is 1. The molecule has 0 radical (unpaired) electrons. The van der Waals surface area contributed by atoms with Crippen LogP contribution in [0, 0.1) is 13.8 Å². The van der Waals surface area contributed by atoms with Crippen LogP contribution in [-0.2, 0) is 0 Å². The van der Waals surface area contributed by atoms with Crippen LogP contribution in [0.4, 0.5) is 5.82 Å². The number of hydrogen-bond acceptors (Lipinski definition) is 6. The Morgan fingerprint density at radius 2 is 1.80 bits per heavy atom. The van der Waals surface area contributed by atoms with Gasteiger partial charge in [-0.25, -0.2) is 9.97 Å². The van der Waals surface area contributed by atoms with E-state index in [0.717, 1.165) is 34.0 Å². The number of anilines is 1. The molecule has 154 valence electrons. The molecule has 0 aliphatic heterocycles. The third-order valence-corrected chi connectivity index (χ3v) is 6.42. The number of nitrogens with zero attached hydrogens (tertiary/aromatic N) is 2. The van der Waals surface area contributed by atoms with E-state index in [2.05, 4.69) is 53.4 Å². The van der Waals surface area contributed by atoms with Gasteiger partial charge in [-0.05, 0) is 74.4 Å². The number of thiophene rings is 1. The molecule has 2 aromatic carbocycles. The first-order valence-electron chi connectivity index (χ1n) is 9.82. The highest BCUT2D eigenvalue weighted by atomic mass is 32.1. The van der Waals surface area contributed by atoms with Crippen molar-refractivity contribution in [3.8, 4) is 21.9 Å². The van der Waals surface area contributed by atoms with Gasteiger partial charge in [-0.1, -0.05) is 6.07 Å². The van der Waals surface area contributed by atoms with Crippen molar-refractivity contribution >= 4 is 28.1 Å². The van der Waals surface area contributed by atoms with Crippen molar-refractivity contribution in [1.29, 1.82) is 0 Å². The average molecular weight is 420 g/mol. The second-order valence-electron chi connectivity index (χ2n) is 7.22. The molecule has 30 heavy (non-hydrogen) atoms. The average Bonchev–Trinajstić information content (AvgIpc) is 3.23. The van der Waals surface area contributed by atoms with Crippen molar-refractivity contribution in [3.63, 3.8) is 0 Å². The van der Waals surface area contributed by atoms with Crippen molar-refractivity contribution in [2.75, 3.05) is 19.5 Å². The van der Waals surface area contributed by atoms with E-state index in [0.29, 0.717) is 0 Å². The molecule has 0 saturated carbocycles. The van der Waals surface area contributed by atoms with Crippen LogP contribution in [0.3, 0.4) is 0 Å². The van der Waals surface area contributed by atoms with Crippen molar-refractivity contribution < 1.29 is 9.47 Å². The summed E-state index contributed by atoms with van der Waals surface area (Å²) in [5.74, 6) is 3.16. The minimum Gasteiger partial charge on any atom is -0.497 e. The largest absolute Gasteiger partial charge is 0.497 e. The van der Waals surface area contributed by atoms with Crippen molar-refractivity contribution in [3.05, 3.63) is 64.8 Å². The van der Waals surface area contributed by atoms with Crippen LogP contribution >= 0.6 is 11.3 Å².